The second kappa shape index (κ2) is 54.0. The van der Waals surface area contributed by atoms with Gasteiger partial charge >= 0.3 is 0 Å². The Morgan fingerprint density at radius 3 is 1.21 bits per heavy atom. The third-order valence-corrected chi connectivity index (χ3v) is 13.7. The smallest absolute Gasteiger partial charge is 0.268 e. The normalized spacial score (nSPS) is 14.7. The highest BCUT2D eigenvalue weighted by atomic mass is 31.2. The quantitative estimate of drug-likeness (QED) is 0.0272. The van der Waals surface area contributed by atoms with Gasteiger partial charge in [-0.15, -0.1) is 0 Å². The Kier molecular flexibility index (Phi) is 51.9. The Bertz CT molecular complexity index is 1550. The minimum Gasteiger partial charge on any atom is -0.756 e. The van der Waals surface area contributed by atoms with Crippen LogP contribution in [0.25, 0.3) is 0 Å². The van der Waals surface area contributed by atoms with Gasteiger partial charge in [0, 0.05) is 6.42 Å². The number of quaternary nitrogens is 1. The largest absolute Gasteiger partial charge is 0.756 e. The van der Waals surface area contributed by atoms with Crippen molar-refractivity contribution in [3.63, 3.8) is 0 Å². The number of unbranched alkanes of at least 4 members (excludes halogenated alkanes) is 22. The lowest BCUT2D eigenvalue weighted by Gasteiger charge is -2.30. The number of carbonyl (C=O) groups excluding carboxylic acids is 1. The van der Waals surface area contributed by atoms with Crippen LogP contribution in [0.4, 0.5) is 0 Å². The van der Waals surface area contributed by atoms with Gasteiger partial charge in [-0.25, -0.2) is 0 Å². The van der Waals surface area contributed by atoms with Crippen LogP contribution in [0.3, 0.4) is 0 Å². The molecule has 0 aliphatic heterocycles. The van der Waals surface area contributed by atoms with Crippen LogP contribution in [-0.2, 0) is 18.4 Å². The Labute approximate surface area is 451 Å². The van der Waals surface area contributed by atoms with E-state index in [1.54, 1.807) is 0 Å². The van der Waals surface area contributed by atoms with Crippen molar-refractivity contribution in [3.05, 3.63) is 109 Å². The molecule has 1 amide bonds. The molecule has 0 rings (SSSR count). The summed E-state index contributed by atoms with van der Waals surface area (Å²) in [5.74, 6) is -0.199. The molecular weight excluding hydrogens is 924 g/mol. The number of phosphoric ester groups is 1. The number of likely N-dealkylation sites (N-methyl/N-ethyl adjacent to an activating group) is 1. The summed E-state index contributed by atoms with van der Waals surface area (Å²) in [6.45, 7) is 4.59. The molecule has 0 bridgehead atoms. The number of phosphoric acid groups is 1. The maximum atomic E-state index is 13.0. The molecule has 0 fully saturated rings. The fourth-order valence-corrected chi connectivity index (χ4v) is 8.87. The van der Waals surface area contributed by atoms with Crippen molar-refractivity contribution < 1.29 is 32.9 Å². The van der Waals surface area contributed by atoms with Gasteiger partial charge in [0.25, 0.3) is 7.82 Å². The number of allylic oxidation sites excluding steroid dienone is 18. The van der Waals surface area contributed by atoms with Crippen LogP contribution in [0.1, 0.15) is 239 Å². The molecule has 0 radical (unpaired) electrons. The molecule has 0 aromatic rings. The number of amides is 1. The number of hydrogen-bond acceptors (Lipinski definition) is 6. The molecular formula is C64H113N2O6P. The highest BCUT2D eigenvalue weighted by Gasteiger charge is 2.24. The van der Waals surface area contributed by atoms with Gasteiger partial charge < -0.3 is 28.8 Å². The lowest BCUT2D eigenvalue weighted by molar-refractivity contribution is -0.870. The van der Waals surface area contributed by atoms with Gasteiger partial charge in [0.1, 0.15) is 13.2 Å². The van der Waals surface area contributed by atoms with Gasteiger partial charge in [0.15, 0.2) is 0 Å². The highest BCUT2D eigenvalue weighted by Crippen LogP contribution is 2.38. The molecule has 0 saturated carbocycles. The lowest BCUT2D eigenvalue weighted by atomic mass is 10.0. The topological polar surface area (TPSA) is 108 Å². The molecule has 3 atom stereocenters. The van der Waals surface area contributed by atoms with Crippen LogP contribution in [0.2, 0.25) is 0 Å². The Morgan fingerprint density at radius 2 is 0.836 bits per heavy atom. The minimum absolute atomic E-state index is 0.000412. The van der Waals surface area contributed by atoms with Crippen LogP contribution in [0.15, 0.2) is 109 Å². The second-order valence-corrected chi connectivity index (χ2v) is 22.4. The number of hydrogen-bond donors (Lipinski definition) is 2. The fraction of sp³-hybridized carbons (Fsp3) is 0.703. The number of aliphatic hydroxyl groups excluding tert-OH is 1. The van der Waals surface area contributed by atoms with Crippen molar-refractivity contribution in [2.75, 3.05) is 40.9 Å². The SMILES string of the molecule is CC/C=C\C/C=C\C/C=C\C/C=C\C/C=C\C/C=C\C/C=C\C/C=C\C/C=C\CCCCCC(=O)NC(COP(=O)([O-])OCC[N+](C)(C)C)C(O)CCCCCCCCCCCCCCCCCCCCCC. The molecule has 8 nitrogen and oxygen atoms in total. The summed E-state index contributed by atoms with van der Waals surface area (Å²) in [6.07, 6.45) is 78.3. The molecule has 0 saturated heterocycles. The summed E-state index contributed by atoms with van der Waals surface area (Å²) >= 11 is 0. The van der Waals surface area contributed by atoms with Crippen LogP contribution in [0.5, 0.6) is 0 Å². The van der Waals surface area contributed by atoms with E-state index in [1.807, 2.05) is 21.1 Å². The van der Waals surface area contributed by atoms with Crippen molar-refractivity contribution in [1.82, 2.24) is 5.32 Å². The van der Waals surface area contributed by atoms with Crippen molar-refractivity contribution in [2.24, 2.45) is 0 Å². The van der Waals surface area contributed by atoms with E-state index in [0.29, 0.717) is 23.9 Å². The summed E-state index contributed by atoms with van der Waals surface area (Å²) in [5.41, 5.74) is 0. The first-order valence-corrected chi connectivity index (χ1v) is 31.2. The first-order chi connectivity index (χ1) is 35.5. The third-order valence-electron chi connectivity index (χ3n) is 12.8. The average molecular weight is 1040 g/mol. The summed E-state index contributed by atoms with van der Waals surface area (Å²) in [4.78, 5) is 25.5. The zero-order chi connectivity index (χ0) is 53.5. The predicted octanol–water partition coefficient (Wildman–Crippen LogP) is 17.7. The molecule has 0 aliphatic rings. The Hall–Kier alpha value is -2.84. The van der Waals surface area contributed by atoms with Crippen molar-refractivity contribution in [2.45, 2.75) is 251 Å². The van der Waals surface area contributed by atoms with Gasteiger partial charge in [-0.05, 0) is 83.5 Å². The van der Waals surface area contributed by atoms with Crippen molar-refractivity contribution >= 4 is 13.7 Å². The summed E-state index contributed by atoms with van der Waals surface area (Å²) < 4.78 is 23.4. The van der Waals surface area contributed by atoms with E-state index in [9.17, 15) is 19.4 Å². The van der Waals surface area contributed by atoms with Crippen LogP contribution >= 0.6 is 7.82 Å². The van der Waals surface area contributed by atoms with Crippen molar-refractivity contribution in [3.8, 4) is 0 Å². The molecule has 3 unspecified atom stereocenters. The average Bonchev–Trinajstić information content (AvgIpc) is 3.35. The molecule has 9 heteroatoms. The molecule has 0 heterocycles. The first kappa shape index (κ1) is 70.2. The standard InChI is InChI=1S/C64H113N2O6P/c1-6-8-10-12-14-16-18-20-22-24-26-28-29-30-31-32-33-34-35-36-37-38-40-42-44-46-48-50-52-54-56-58-64(68)65-62(61-72-73(69,70)71-60-59-66(3,4)5)63(67)57-55-53-51-49-47-45-43-41-39-27-25-23-21-19-17-15-13-11-9-7-2/h8,10,14,16,20,22,26,28,30-31,33-34,36-37,40,42,46,48,62-63,67H,6-7,9,11-13,15,17-19,21,23-25,27,29,32,35,38-39,41,43-45,47,49-61H2,1-5H3,(H-,65,68,69,70)/b10-8-,16-14-,22-20-,28-26-,31-30-,34-33-,37-36-,42-40-,48-46-. The molecule has 0 spiro atoms. The number of nitrogens with one attached hydrogen (secondary N) is 1. The van der Waals surface area contributed by atoms with Gasteiger partial charge in [-0.3, -0.25) is 9.36 Å². The number of nitrogens with zero attached hydrogens (tertiary/aromatic N) is 1. The fourth-order valence-electron chi connectivity index (χ4n) is 8.15. The van der Waals surface area contributed by atoms with Crippen LogP contribution in [0, 0.1) is 0 Å². The molecule has 2 N–H and O–H groups in total. The molecule has 73 heavy (non-hydrogen) atoms. The zero-order valence-electron chi connectivity index (χ0n) is 47.8. The molecule has 0 aromatic heterocycles. The van der Waals surface area contributed by atoms with Gasteiger partial charge in [-0.2, -0.15) is 0 Å². The maximum absolute atomic E-state index is 13.0. The Morgan fingerprint density at radius 1 is 0.493 bits per heavy atom. The molecule has 0 aliphatic carbocycles. The second-order valence-electron chi connectivity index (χ2n) is 21.0. The molecule has 420 valence electrons. The summed E-state index contributed by atoms with van der Waals surface area (Å²) in [6, 6.07) is -0.828. The van der Waals surface area contributed by atoms with Gasteiger partial charge in [0.05, 0.1) is 39.9 Å². The van der Waals surface area contributed by atoms with Crippen LogP contribution < -0.4 is 10.2 Å². The predicted molar refractivity (Wildman–Crippen MR) is 316 cm³/mol. The maximum Gasteiger partial charge on any atom is 0.268 e. The monoisotopic (exact) mass is 1040 g/mol. The van der Waals surface area contributed by atoms with E-state index in [1.165, 1.54) is 109 Å². The highest BCUT2D eigenvalue weighted by molar-refractivity contribution is 7.45. The Balaban J connectivity index is 4.28. The number of carbonyl (C=O) groups is 1. The van der Waals surface area contributed by atoms with Gasteiger partial charge in [0.2, 0.25) is 5.91 Å². The molecule has 0 aromatic carbocycles. The lowest BCUT2D eigenvalue weighted by Crippen LogP contribution is -2.46. The van der Waals surface area contributed by atoms with Crippen molar-refractivity contribution in [1.29, 1.82) is 0 Å². The van der Waals surface area contributed by atoms with E-state index < -0.39 is 20.0 Å². The zero-order valence-corrected chi connectivity index (χ0v) is 48.7. The van der Waals surface area contributed by atoms with E-state index in [2.05, 4.69) is 129 Å². The summed E-state index contributed by atoms with van der Waals surface area (Å²) in [7, 11) is 1.27. The van der Waals surface area contributed by atoms with Gasteiger partial charge in [-0.1, -0.05) is 258 Å². The third kappa shape index (κ3) is 56.7. The summed E-state index contributed by atoms with van der Waals surface area (Å²) in [5, 5.41) is 14.0. The minimum atomic E-state index is -4.59. The first-order valence-electron chi connectivity index (χ1n) is 29.7. The number of aliphatic hydroxyl groups is 1. The van der Waals surface area contributed by atoms with E-state index in [0.717, 1.165) is 103 Å². The van der Waals surface area contributed by atoms with E-state index in [4.69, 9.17) is 9.05 Å². The van der Waals surface area contributed by atoms with E-state index in [-0.39, 0.29) is 19.1 Å². The van der Waals surface area contributed by atoms with E-state index >= 15 is 0 Å². The number of rotatable bonds is 53. The van der Waals surface area contributed by atoms with Crippen LogP contribution in [-0.4, -0.2) is 68.5 Å².